The number of ether oxygens (including phenoxy) is 1. The van der Waals surface area contributed by atoms with Crippen LogP contribution in [0, 0.1) is 16.2 Å². The third kappa shape index (κ3) is 4.57. The second-order valence-electron chi connectivity index (χ2n) is 4.95. The van der Waals surface area contributed by atoms with Crippen molar-refractivity contribution in [2.45, 2.75) is 39.2 Å². The summed E-state index contributed by atoms with van der Waals surface area (Å²) in [7, 11) is 0. The first kappa shape index (κ1) is 12.4. The van der Waals surface area contributed by atoms with Gasteiger partial charge in [0.1, 0.15) is 6.61 Å². The van der Waals surface area contributed by atoms with E-state index >= 15 is 0 Å². The fourth-order valence-corrected chi connectivity index (χ4v) is 1.52. The van der Waals surface area contributed by atoms with Crippen molar-refractivity contribution < 1.29 is 9.53 Å². The van der Waals surface area contributed by atoms with Crippen LogP contribution in [0.4, 0.5) is 4.79 Å². The van der Waals surface area contributed by atoms with E-state index < -0.39 is 0 Å². The first-order valence-corrected chi connectivity index (χ1v) is 5.74. The van der Waals surface area contributed by atoms with Crippen LogP contribution in [0.3, 0.4) is 0 Å². The van der Waals surface area contributed by atoms with Crippen molar-refractivity contribution in [2.75, 3.05) is 6.61 Å². The minimum Gasteiger partial charge on any atom is -0.448 e. The Hall–Kier alpha value is -0.690. The predicted molar refractivity (Wildman–Crippen MR) is 62.6 cm³/mol. The molecule has 15 heavy (non-hydrogen) atoms. The van der Waals surface area contributed by atoms with Gasteiger partial charge in [0.15, 0.2) is 0 Å². The molecule has 0 spiro atoms. The SMILES string of the molecule is CC(C)(C)NC(=O)OCC1(C#CBr)CC1. The van der Waals surface area contributed by atoms with Crippen LogP contribution in [-0.2, 0) is 4.74 Å². The fourth-order valence-electron chi connectivity index (χ4n) is 1.10. The third-order valence-electron chi connectivity index (χ3n) is 2.12. The molecule has 4 heteroatoms. The second kappa shape index (κ2) is 4.44. The van der Waals surface area contributed by atoms with Crippen molar-refractivity contribution in [3.63, 3.8) is 0 Å². The molecule has 1 aliphatic rings. The maximum atomic E-state index is 11.3. The molecule has 0 aromatic heterocycles. The lowest BCUT2D eigenvalue weighted by Crippen LogP contribution is -2.41. The Morgan fingerprint density at radius 3 is 2.53 bits per heavy atom. The fraction of sp³-hybridized carbons (Fsp3) is 0.727. The smallest absolute Gasteiger partial charge is 0.407 e. The van der Waals surface area contributed by atoms with Crippen LogP contribution in [0.15, 0.2) is 0 Å². The largest absolute Gasteiger partial charge is 0.448 e. The van der Waals surface area contributed by atoms with Crippen LogP contribution in [0.5, 0.6) is 0 Å². The van der Waals surface area contributed by atoms with E-state index in [0.29, 0.717) is 6.61 Å². The monoisotopic (exact) mass is 273 g/mol. The first-order valence-electron chi connectivity index (χ1n) is 4.95. The summed E-state index contributed by atoms with van der Waals surface area (Å²) in [5, 5.41) is 2.74. The van der Waals surface area contributed by atoms with Crippen LogP contribution >= 0.6 is 15.9 Å². The van der Waals surface area contributed by atoms with Gasteiger partial charge in [0.05, 0.1) is 5.41 Å². The number of hydrogen-bond acceptors (Lipinski definition) is 2. The molecule has 1 rings (SSSR count). The van der Waals surface area contributed by atoms with Crippen LogP contribution in [0.2, 0.25) is 0 Å². The van der Waals surface area contributed by atoms with Gasteiger partial charge in [-0.25, -0.2) is 4.79 Å². The van der Waals surface area contributed by atoms with Crippen molar-refractivity contribution in [2.24, 2.45) is 5.41 Å². The summed E-state index contributed by atoms with van der Waals surface area (Å²) in [6.45, 7) is 6.13. The van der Waals surface area contributed by atoms with Gasteiger partial charge in [0.2, 0.25) is 0 Å². The molecule has 1 N–H and O–H groups in total. The summed E-state index contributed by atoms with van der Waals surface area (Å²) in [6, 6.07) is 0. The Morgan fingerprint density at radius 1 is 1.53 bits per heavy atom. The van der Waals surface area contributed by atoms with Gasteiger partial charge in [-0.05, 0) is 38.4 Å². The number of hydrogen-bond donors (Lipinski definition) is 1. The molecular weight excluding hydrogens is 258 g/mol. The zero-order valence-corrected chi connectivity index (χ0v) is 10.9. The zero-order valence-electron chi connectivity index (χ0n) is 9.32. The van der Waals surface area contributed by atoms with Gasteiger partial charge in [0.25, 0.3) is 0 Å². The van der Waals surface area contributed by atoms with E-state index in [9.17, 15) is 4.79 Å². The predicted octanol–water partition coefficient (Wildman–Crippen LogP) is 2.65. The van der Waals surface area contributed by atoms with Crippen LogP contribution < -0.4 is 5.32 Å². The minimum absolute atomic E-state index is 0.0846. The molecule has 0 saturated heterocycles. The van der Waals surface area contributed by atoms with Crippen LogP contribution in [0.1, 0.15) is 33.6 Å². The molecule has 1 aliphatic carbocycles. The van der Waals surface area contributed by atoms with Crippen molar-refractivity contribution in [3.05, 3.63) is 0 Å². The van der Waals surface area contributed by atoms with E-state index in [0.717, 1.165) is 12.8 Å². The van der Waals surface area contributed by atoms with Gasteiger partial charge in [-0.1, -0.05) is 5.92 Å². The van der Waals surface area contributed by atoms with Gasteiger partial charge < -0.3 is 10.1 Å². The molecule has 0 aliphatic heterocycles. The van der Waals surface area contributed by atoms with Gasteiger partial charge in [-0.2, -0.15) is 0 Å². The summed E-state index contributed by atoms with van der Waals surface area (Å²) < 4.78 is 5.12. The summed E-state index contributed by atoms with van der Waals surface area (Å²) in [4.78, 5) is 14.0. The highest BCUT2D eigenvalue weighted by Crippen LogP contribution is 2.45. The topological polar surface area (TPSA) is 38.3 Å². The highest BCUT2D eigenvalue weighted by atomic mass is 79.9. The summed E-state index contributed by atoms with van der Waals surface area (Å²) in [6.07, 6.45) is 1.65. The van der Waals surface area contributed by atoms with Gasteiger partial charge in [-0.15, -0.1) is 0 Å². The number of alkyl carbamates (subject to hydrolysis) is 1. The molecule has 0 radical (unpaired) electrons. The Balaban J connectivity index is 2.31. The van der Waals surface area contributed by atoms with Crippen molar-refractivity contribution in [3.8, 4) is 10.8 Å². The number of amides is 1. The number of nitrogens with one attached hydrogen (secondary N) is 1. The standard InChI is InChI=1S/C11H16BrNO2/c1-10(2,3)13-9(14)15-8-11(4-5-11)6-7-12/h4-5,8H2,1-3H3,(H,13,14). The Kier molecular flexibility index (Phi) is 3.67. The number of carbonyl (C=O) groups is 1. The lowest BCUT2D eigenvalue weighted by molar-refractivity contribution is 0.124. The average molecular weight is 274 g/mol. The van der Waals surface area contributed by atoms with Gasteiger partial charge in [0, 0.05) is 21.5 Å². The third-order valence-corrected chi connectivity index (χ3v) is 2.32. The zero-order chi connectivity index (χ0) is 11.5. The molecule has 0 heterocycles. The van der Waals surface area contributed by atoms with E-state index in [1.807, 2.05) is 20.8 Å². The Labute approximate surface area is 99.1 Å². The van der Waals surface area contributed by atoms with Crippen molar-refractivity contribution >= 4 is 22.0 Å². The highest BCUT2D eigenvalue weighted by Gasteiger charge is 2.42. The average Bonchev–Trinajstić information content (AvgIpc) is 2.80. The van der Waals surface area contributed by atoms with Gasteiger partial charge >= 0.3 is 6.09 Å². The maximum absolute atomic E-state index is 11.3. The minimum atomic E-state index is -0.370. The summed E-state index contributed by atoms with van der Waals surface area (Å²) in [5.74, 6) is 3.01. The highest BCUT2D eigenvalue weighted by molar-refractivity contribution is 9.12. The molecule has 1 saturated carbocycles. The molecule has 0 unspecified atom stereocenters. The molecule has 0 bridgehead atoms. The quantitative estimate of drug-likeness (QED) is 0.786. The van der Waals surface area contributed by atoms with Crippen molar-refractivity contribution in [1.29, 1.82) is 0 Å². The molecule has 3 nitrogen and oxygen atoms in total. The summed E-state index contributed by atoms with van der Waals surface area (Å²) in [5.41, 5.74) is -0.340. The maximum Gasteiger partial charge on any atom is 0.407 e. The summed E-state index contributed by atoms with van der Waals surface area (Å²) >= 11 is 3.06. The van der Waals surface area contributed by atoms with Crippen molar-refractivity contribution in [1.82, 2.24) is 5.32 Å². The van der Waals surface area contributed by atoms with E-state index in [1.54, 1.807) is 0 Å². The molecule has 1 amide bonds. The lowest BCUT2D eigenvalue weighted by Gasteiger charge is -2.20. The number of rotatable bonds is 2. The van der Waals surface area contributed by atoms with Crippen LogP contribution in [0.25, 0.3) is 0 Å². The van der Waals surface area contributed by atoms with E-state index in [-0.39, 0.29) is 17.0 Å². The Morgan fingerprint density at radius 2 is 2.13 bits per heavy atom. The van der Waals surface area contributed by atoms with E-state index in [4.69, 9.17) is 4.74 Å². The van der Waals surface area contributed by atoms with Gasteiger partial charge in [-0.3, -0.25) is 0 Å². The number of halogens is 1. The lowest BCUT2D eigenvalue weighted by atomic mass is 10.1. The molecular formula is C11H16BrNO2. The molecule has 0 atom stereocenters. The van der Waals surface area contributed by atoms with E-state index in [2.05, 4.69) is 32.0 Å². The first-order chi connectivity index (χ1) is 6.87. The molecule has 0 aromatic carbocycles. The molecule has 0 aromatic rings. The van der Waals surface area contributed by atoms with Crippen LogP contribution in [-0.4, -0.2) is 18.2 Å². The second-order valence-corrected chi connectivity index (χ2v) is 5.35. The number of carbonyl (C=O) groups excluding carboxylic acids is 1. The van der Waals surface area contributed by atoms with E-state index in [1.165, 1.54) is 0 Å². The molecule has 1 fully saturated rings. The molecule has 84 valence electrons. The normalized spacial score (nSPS) is 17.3. The Bertz CT molecular complexity index is 305.